The number of alkyl halides is 3. The third-order valence-corrected chi connectivity index (χ3v) is 3.21. The third-order valence-electron chi connectivity index (χ3n) is 2.91. The van der Waals surface area contributed by atoms with E-state index in [1.807, 2.05) is 0 Å². The van der Waals surface area contributed by atoms with E-state index in [0.29, 0.717) is 6.20 Å². The van der Waals surface area contributed by atoms with Crippen LogP contribution in [0.25, 0.3) is 0 Å². The molecule has 0 fully saturated rings. The van der Waals surface area contributed by atoms with Gasteiger partial charge in [0.1, 0.15) is 0 Å². The van der Waals surface area contributed by atoms with Crippen molar-refractivity contribution in [1.82, 2.24) is 10.5 Å². The molecule has 0 amide bonds. The molecule has 5 nitrogen and oxygen atoms in total. The van der Waals surface area contributed by atoms with Crippen molar-refractivity contribution in [2.75, 3.05) is 0 Å². The molecular weight excluding hydrogens is 311 g/mol. The Labute approximate surface area is 121 Å². The van der Waals surface area contributed by atoms with E-state index in [1.54, 1.807) is 0 Å². The minimum absolute atomic E-state index is 0.154. The smallest absolute Gasteiger partial charge is 0.417 e. The minimum Gasteiger partial charge on any atom is -0.463 e. The zero-order valence-electron chi connectivity index (χ0n) is 10.2. The average Bonchev–Trinajstić information content (AvgIpc) is 3.07. The summed E-state index contributed by atoms with van der Waals surface area (Å²) in [5.74, 6) is 0.171. The van der Waals surface area contributed by atoms with Gasteiger partial charge in [-0.15, -0.1) is 5.48 Å². The standard InChI is InChI=1S/C12H7ClF3N3O2/c13-8-3-4-20-10(8)11(18-6-21-19-11)9-2-1-7(5-17-9)12(14,15)16/h1-6,19H. The number of rotatable bonds is 2. The van der Waals surface area contributed by atoms with Gasteiger partial charge in [-0.3, -0.25) is 4.98 Å². The molecule has 2 aromatic rings. The van der Waals surface area contributed by atoms with Crippen LogP contribution in [0.1, 0.15) is 17.0 Å². The topological polar surface area (TPSA) is 59.7 Å². The Morgan fingerprint density at radius 1 is 1.24 bits per heavy atom. The van der Waals surface area contributed by atoms with Crippen molar-refractivity contribution in [2.24, 2.45) is 4.99 Å². The minimum atomic E-state index is -4.47. The number of nitrogens with one attached hydrogen (secondary N) is 1. The highest BCUT2D eigenvalue weighted by molar-refractivity contribution is 6.31. The van der Waals surface area contributed by atoms with E-state index in [1.165, 1.54) is 18.4 Å². The molecule has 1 aliphatic heterocycles. The van der Waals surface area contributed by atoms with Gasteiger partial charge in [-0.05, 0) is 18.2 Å². The molecule has 1 atom stereocenters. The molecule has 1 N–H and O–H groups in total. The van der Waals surface area contributed by atoms with Crippen LogP contribution in [0.5, 0.6) is 0 Å². The van der Waals surface area contributed by atoms with Gasteiger partial charge in [-0.1, -0.05) is 11.6 Å². The third kappa shape index (κ3) is 2.26. The molecular formula is C12H7ClF3N3O2. The van der Waals surface area contributed by atoms with Crippen LogP contribution in [0.3, 0.4) is 0 Å². The molecule has 110 valence electrons. The summed E-state index contributed by atoms with van der Waals surface area (Å²) in [4.78, 5) is 12.7. The molecule has 0 bridgehead atoms. The van der Waals surface area contributed by atoms with Gasteiger partial charge in [0.05, 0.1) is 22.5 Å². The van der Waals surface area contributed by atoms with Crippen molar-refractivity contribution in [3.8, 4) is 0 Å². The molecule has 2 aromatic heterocycles. The van der Waals surface area contributed by atoms with Crippen LogP contribution in [0, 0.1) is 0 Å². The fraction of sp³-hybridized carbons (Fsp3) is 0.167. The highest BCUT2D eigenvalue weighted by Gasteiger charge is 2.44. The fourth-order valence-electron chi connectivity index (χ4n) is 1.91. The normalized spacial score (nSPS) is 21.5. The monoisotopic (exact) mass is 317 g/mol. The molecule has 3 heterocycles. The molecule has 1 unspecified atom stereocenters. The second-order valence-electron chi connectivity index (χ2n) is 4.19. The number of pyridine rings is 1. The van der Waals surface area contributed by atoms with Crippen LogP contribution in [0.2, 0.25) is 5.02 Å². The first-order chi connectivity index (χ1) is 9.93. The lowest BCUT2D eigenvalue weighted by Crippen LogP contribution is -2.38. The van der Waals surface area contributed by atoms with Crippen LogP contribution in [-0.2, 0) is 16.7 Å². The fourth-order valence-corrected chi connectivity index (χ4v) is 2.14. The van der Waals surface area contributed by atoms with E-state index >= 15 is 0 Å². The summed E-state index contributed by atoms with van der Waals surface area (Å²) in [5.41, 5.74) is 0.420. The maximum atomic E-state index is 12.6. The summed E-state index contributed by atoms with van der Waals surface area (Å²) >= 11 is 5.99. The van der Waals surface area contributed by atoms with E-state index in [-0.39, 0.29) is 16.5 Å². The van der Waals surface area contributed by atoms with Gasteiger partial charge >= 0.3 is 6.18 Å². The lowest BCUT2D eigenvalue weighted by atomic mass is 10.0. The number of aliphatic imine (C=N–C) groups is 1. The van der Waals surface area contributed by atoms with Crippen LogP contribution in [0.4, 0.5) is 13.2 Å². The largest absolute Gasteiger partial charge is 0.463 e. The summed E-state index contributed by atoms with van der Waals surface area (Å²) in [6.45, 7) is 0. The van der Waals surface area contributed by atoms with E-state index in [2.05, 4.69) is 15.5 Å². The Hall–Kier alpha value is -2.06. The summed E-state index contributed by atoms with van der Waals surface area (Å²) in [5, 5.41) is 0.242. The van der Waals surface area contributed by atoms with Crippen molar-refractivity contribution < 1.29 is 22.4 Å². The van der Waals surface area contributed by atoms with E-state index < -0.39 is 17.4 Å². The number of aromatic nitrogens is 1. The number of hydrogen-bond acceptors (Lipinski definition) is 5. The van der Waals surface area contributed by atoms with Gasteiger partial charge in [0.25, 0.3) is 0 Å². The predicted molar refractivity (Wildman–Crippen MR) is 66.4 cm³/mol. The van der Waals surface area contributed by atoms with Crippen molar-refractivity contribution in [1.29, 1.82) is 0 Å². The molecule has 21 heavy (non-hydrogen) atoms. The molecule has 0 aromatic carbocycles. The molecule has 0 saturated carbocycles. The van der Waals surface area contributed by atoms with E-state index in [4.69, 9.17) is 20.9 Å². The number of hydrogen-bond donors (Lipinski definition) is 1. The van der Waals surface area contributed by atoms with Crippen molar-refractivity contribution in [3.05, 3.63) is 52.7 Å². The van der Waals surface area contributed by atoms with Crippen molar-refractivity contribution in [2.45, 2.75) is 11.8 Å². The Morgan fingerprint density at radius 3 is 2.52 bits per heavy atom. The van der Waals surface area contributed by atoms with Crippen LogP contribution in [-0.4, -0.2) is 11.4 Å². The molecule has 0 aliphatic carbocycles. The average molecular weight is 318 g/mol. The van der Waals surface area contributed by atoms with Gasteiger partial charge < -0.3 is 9.25 Å². The van der Waals surface area contributed by atoms with E-state index in [0.717, 1.165) is 12.5 Å². The summed E-state index contributed by atoms with van der Waals surface area (Å²) in [7, 11) is 0. The van der Waals surface area contributed by atoms with Gasteiger partial charge in [-0.2, -0.15) is 13.2 Å². The summed E-state index contributed by atoms with van der Waals surface area (Å²) < 4.78 is 43.0. The number of furan rings is 1. The quantitative estimate of drug-likeness (QED) is 0.924. The maximum absolute atomic E-state index is 12.6. The SMILES string of the molecule is FC(F)(F)c1ccc(C2(c3occc3Cl)N=CON2)nc1. The molecule has 3 rings (SSSR count). The van der Waals surface area contributed by atoms with Gasteiger partial charge in [0.15, 0.2) is 12.2 Å². The molecule has 1 aliphatic rings. The first-order valence-electron chi connectivity index (χ1n) is 5.67. The predicted octanol–water partition coefficient (Wildman–Crippen LogP) is 3.11. The Kier molecular flexibility index (Phi) is 3.14. The zero-order valence-corrected chi connectivity index (χ0v) is 10.9. The Bertz CT molecular complexity index is 684. The highest BCUT2D eigenvalue weighted by Crippen LogP contribution is 2.38. The number of halogens is 4. The lowest BCUT2D eigenvalue weighted by molar-refractivity contribution is -0.137. The first kappa shape index (κ1) is 13.9. The van der Waals surface area contributed by atoms with Gasteiger partial charge in [0.2, 0.25) is 5.66 Å². The van der Waals surface area contributed by atoms with Crippen LogP contribution < -0.4 is 5.48 Å². The number of hydroxylamine groups is 1. The van der Waals surface area contributed by atoms with Crippen molar-refractivity contribution in [3.63, 3.8) is 0 Å². The van der Waals surface area contributed by atoms with Gasteiger partial charge in [-0.25, -0.2) is 4.99 Å². The molecule has 0 spiro atoms. The summed E-state index contributed by atoms with van der Waals surface area (Å²) in [6.07, 6.45) is -1.33. The zero-order chi connectivity index (χ0) is 15.1. The number of nitrogens with zero attached hydrogens (tertiary/aromatic N) is 2. The van der Waals surface area contributed by atoms with Gasteiger partial charge in [0, 0.05) is 6.20 Å². The second kappa shape index (κ2) is 4.74. The lowest BCUT2D eigenvalue weighted by Gasteiger charge is -2.22. The second-order valence-corrected chi connectivity index (χ2v) is 4.60. The maximum Gasteiger partial charge on any atom is 0.417 e. The van der Waals surface area contributed by atoms with Crippen LogP contribution in [0.15, 0.2) is 40.1 Å². The Morgan fingerprint density at radius 2 is 2.05 bits per heavy atom. The molecule has 0 radical (unpaired) electrons. The van der Waals surface area contributed by atoms with Crippen LogP contribution >= 0.6 is 11.6 Å². The summed E-state index contributed by atoms with van der Waals surface area (Å²) in [6, 6.07) is 3.56. The molecule has 0 saturated heterocycles. The highest BCUT2D eigenvalue weighted by atomic mass is 35.5. The van der Waals surface area contributed by atoms with E-state index in [9.17, 15) is 13.2 Å². The first-order valence-corrected chi connectivity index (χ1v) is 6.05. The van der Waals surface area contributed by atoms with Crippen molar-refractivity contribution >= 4 is 18.0 Å². The molecule has 9 heteroatoms. The Balaban J connectivity index is 2.07.